The molecule has 0 aliphatic heterocycles. The predicted octanol–water partition coefficient (Wildman–Crippen LogP) is 8.18. The van der Waals surface area contributed by atoms with Gasteiger partial charge in [-0.15, -0.1) is 0 Å². The fourth-order valence-corrected chi connectivity index (χ4v) is 5.21. The molecule has 0 aliphatic carbocycles. The fraction of sp³-hybridized carbons (Fsp3) is 0. The van der Waals surface area contributed by atoms with E-state index in [1.807, 2.05) is 103 Å². The monoisotopic (exact) mass is 538 g/mol. The van der Waals surface area contributed by atoms with E-state index in [0.717, 1.165) is 72.3 Å². The molecule has 8 aromatic rings. The van der Waals surface area contributed by atoms with Crippen molar-refractivity contribution in [2.45, 2.75) is 0 Å². The average molecular weight is 539 g/mol. The molecule has 0 aliphatic rings. The van der Waals surface area contributed by atoms with E-state index >= 15 is 0 Å². The number of rotatable bonds is 4. The zero-order valence-corrected chi connectivity index (χ0v) is 22.4. The highest BCUT2D eigenvalue weighted by Crippen LogP contribution is 2.31. The van der Waals surface area contributed by atoms with Gasteiger partial charge in [-0.2, -0.15) is 0 Å². The van der Waals surface area contributed by atoms with Crippen LogP contribution in [-0.2, 0) is 0 Å². The van der Waals surface area contributed by atoms with Gasteiger partial charge < -0.3 is 0 Å². The predicted molar refractivity (Wildman–Crippen MR) is 167 cm³/mol. The van der Waals surface area contributed by atoms with Crippen LogP contribution in [0.4, 0.5) is 0 Å². The lowest BCUT2D eigenvalue weighted by Gasteiger charge is -2.11. The standard InChI is InChI=1S/C36H22N6/c1-2-8-28-27(7-1)35(25-17-13-23(14-18-25)33-21-37-29-9-3-5-11-31(29)39-33)42-36(41-28)26-19-15-24(16-20-26)34-22-38-30-10-4-6-12-32(30)40-34/h1-22H. The summed E-state index contributed by atoms with van der Waals surface area (Å²) in [7, 11) is 0. The molecule has 0 amide bonds. The average Bonchev–Trinajstić information content (AvgIpc) is 3.07. The van der Waals surface area contributed by atoms with Crippen LogP contribution in [0.3, 0.4) is 0 Å². The first kappa shape index (κ1) is 24.0. The Balaban J connectivity index is 1.16. The minimum Gasteiger partial charge on any atom is -0.252 e. The van der Waals surface area contributed by atoms with E-state index in [1.165, 1.54) is 0 Å². The summed E-state index contributed by atoms with van der Waals surface area (Å²) in [4.78, 5) is 28.7. The molecule has 6 heteroatoms. The third-order valence-corrected chi connectivity index (χ3v) is 7.39. The molecule has 0 saturated heterocycles. The minimum absolute atomic E-state index is 0.671. The zero-order valence-electron chi connectivity index (χ0n) is 22.4. The van der Waals surface area contributed by atoms with Crippen molar-refractivity contribution in [3.8, 4) is 45.2 Å². The number of para-hydroxylation sites is 5. The molecule has 42 heavy (non-hydrogen) atoms. The van der Waals surface area contributed by atoms with E-state index in [-0.39, 0.29) is 0 Å². The summed E-state index contributed by atoms with van der Waals surface area (Å²) in [6.07, 6.45) is 3.64. The van der Waals surface area contributed by atoms with Crippen LogP contribution < -0.4 is 0 Å². The van der Waals surface area contributed by atoms with Crippen LogP contribution in [-0.4, -0.2) is 29.9 Å². The van der Waals surface area contributed by atoms with Crippen LogP contribution in [0.2, 0.25) is 0 Å². The number of benzene rings is 5. The largest absolute Gasteiger partial charge is 0.252 e. The highest BCUT2D eigenvalue weighted by Gasteiger charge is 2.13. The van der Waals surface area contributed by atoms with E-state index in [0.29, 0.717) is 5.82 Å². The topological polar surface area (TPSA) is 77.3 Å². The number of hydrogen-bond acceptors (Lipinski definition) is 6. The number of hydrogen-bond donors (Lipinski definition) is 0. The molecular weight excluding hydrogens is 516 g/mol. The Morgan fingerprint density at radius 2 is 0.786 bits per heavy atom. The summed E-state index contributed by atoms with van der Waals surface area (Å²) in [6.45, 7) is 0. The van der Waals surface area contributed by atoms with Crippen LogP contribution >= 0.6 is 0 Å². The Kier molecular flexibility index (Phi) is 5.67. The summed E-state index contributed by atoms with van der Waals surface area (Å²) in [6, 6.07) is 40.4. The van der Waals surface area contributed by atoms with Gasteiger partial charge in [-0.25, -0.2) is 19.9 Å². The van der Waals surface area contributed by atoms with Crippen LogP contribution in [0, 0.1) is 0 Å². The molecule has 0 radical (unpaired) electrons. The maximum absolute atomic E-state index is 5.06. The van der Waals surface area contributed by atoms with E-state index in [9.17, 15) is 0 Å². The van der Waals surface area contributed by atoms with Crippen LogP contribution in [0.25, 0.3) is 78.1 Å². The second-order valence-electron chi connectivity index (χ2n) is 10.1. The van der Waals surface area contributed by atoms with Gasteiger partial charge in [0.1, 0.15) is 0 Å². The molecule has 0 saturated carbocycles. The summed E-state index contributed by atoms with van der Waals surface area (Å²) < 4.78 is 0. The van der Waals surface area contributed by atoms with E-state index in [4.69, 9.17) is 19.9 Å². The molecule has 8 rings (SSSR count). The number of aromatic nitrogens is 6. The van der Waals surface area contributed by atoms with Gasteiger partial charge in [-0.05, 0) is 30.3 Å². The zero-order chi connectivity index (χ0) is 27.9. The minimum atomic E-state index is 0.671. The normalized spacial score (nSPS) is 11.3. The molecule has 196 valence electrons. The van der Waals surface area contributed by atoms with Crippen molar-refractivity contribution >= 4 is 33.0 Å². The molecule has 5 aromatic carbocycles. The van der Waals surface area contributed by atoms with E-state index in [2.05, 4.69) is 40.3 Å². The summed E-state index contributed by atoms with van der Waals surface area (Å²) in [5, 5.41) is 1.00. The van der Waals surface area contributed by atoms with Gasteiger partial charge in [0.2, 0.25) is 0 Å². The second-order valence-corrected chi connectivity index (χ2v) is 10.1. The van der Waals surface area contributed by atoms with Crippen molar-refractivity contribution in [3.05, 3.63) is 134 Å². The van der Waals surface area contributed by atoms with Gasteiger partial charge in [0.25, 0.3) is 0 Å². The van der Waals surface area contributed by atoms with Crippen molar-refractivity contribution in [3.63, 3.8) is 0 Å². The Hall–Kier alpha value is -5.88. The molecule has 0 fully saturated rings. The van der Waals surface area contributed by atoms with Crippen molar-refractivity contribution in [2.75, 3.05) is 0 Å². The van der Waals surface area contributed by atoms with E-state index in [1.54, 1.807) is 0 Å². The summed E-state index contributed by atoms with van der Waals surface area (Å²) in [5.41, 5.74) is 10.9. The molecule has 0 spiro atoms. The van der Waals surface area contributed by atoms with Crippen molar-refractivity contribution in [1.29, 1.82) is 0 Å². The quantitative estimate of drug-likeness (QED) is 0.225. The molecule has 0 unspecified atom stereocenters. The highest BCUT2D eigenvalue weighted by atomic mass is 14.9. The van der Waals surface area contributed by atoms with Crippen LogP contribution in [0.15, 0.2) is 134 Å². The Labute approximate surface area is 241 Å². The Morgan fingerprint density at radius 3 is 1.36 bits per heavy atom. The Morgan fingerprint density at radius 1 is 0.333 bits per heavy atom. The third-order valence-electron chi connectivity index (χ3n) is 7.39. The van der Waals surface area contributed by atoms with Gasteiger partial charge in [0, 0.05) is 27.6 Å². The number of nitrogens with zero attached hydrogens (tertiary/aromatic N) is 6. The van der Waals surface area contributed by atoms with Crippen molar-refractivity contribution in [2.24, 2.45) is 0 Å². The first-order chi connectivity index (χ1) is 20.8. The van der Waals surface area contributed by atoms with Crippen LogP contribution in [0.1, 0.15) is 0 Å². The molecule has 6 nitrogen and oxygen atoms in total. The van der Waals surface area contributed by atoms with E-state index < -0.39 is 0 Å². The SMILES string of the molecule is c1ccc2nc(-c3ccc(-c4nc(-c5ccc(-c6cnc7ccccc7n6)cc5)c5ccccc5n4)cc3)cnc2c1. The lowest BCUT2D eigenvalue weighted by Crippen LogP contribution is -1.95. The van der Waals surface area contributed by atoms with Crippen LogP contribution in [0.5, 0.6) is 0 Å². The maximum atomic E-state index is 5.06. The summed E-state index contributed by atoms with van der Waals surface area (Å²) in [5.74, 6) is 0.671. The molecule has 0 N–H and O–H groups in total. The first-order valence-corrected chi connectivity index (χ1v) is 13.7. The van der Waals surface area contributed by atoms with Crippen molar-refractivity contribution < 1.29 is 0 Å². The van der Waals surface area contributed by atoms with Gasteiger partial charge >= 0.3 is 0 Å². The molecular formula is C36H22N6. The van der Waals surface area contributed by atoms with Crippen molar-refractivity contribution in [1.82, 2.24) is 29.9 Å². The van der Waals surface area contributed by atoms with Gasteiger partial charge in [0.05, 0.1) is 57.1 Å². The first-order valence-electron chi connectivity index (χ1n) is 13.7. The molecule has 0 bridgehead atoms. The third kappa shape index (κ3) is 4.32. The number of fused-ring (bicyclic) bond motifs is 3. The molecule has 0 atom stereocenters. The molecule has 3 heterocycles. The fourth-order valence-electron chi connectivity index (χ4n) is 5.21. The lowest BCUT2D eigenvalue weighted by molar-refractivity contribution is 1.23. The summed E-state index contributed by atoms with van der Waals surface area (Å²) >= 11 is 0. The maximum Gasteiger partial charge on any atom is 0.160 e. The lowest BCUT2D eigenvalue weighted by atomic mass is 10.0. The highest BCUT2D eigenvalue weighted by molar-refractivity contribution is 5.94. The second kappa shape index (κ2) is 9.94. The Bertz CT molecular complexity index is 2240. The van der Waals surface area contributed by atoms with Gasteiger partial charge in [-0.3, -0.25) is 9.97 Å². The van der Waals surface area contributed by atoms with Gasteiger partial charge in [-0.1, -0.05) is 91.0 Å². The smallest absolute Gasteiger partial charge is 0.160 e. The van der Waals surface area contributed by atoms with Gasteiger partial charge in [0.15, 0.2) is 5.82 Å². The molecule has 3 aromatic heterocycles.